The van der Waals surface area contributed by atoms with Crippen molar-refractivity contribution >= 4 is 29.1 Å². The Morgan fingerprint density at radius 2 is 1.69 bits per heavy atom. The quantitative estimate of drug-likeness (QED) is 0.281. The molecule has 1 atom stereocenters. The summed E-state index contributed by atoms with van der Waals surface area (Å²) in [6, 6.07) is 6.99. The van der Waals surface area contributed by atoms with Crippen molar-refractivity contribution in [3.63, 3.8) is 0 Å². The molecular weight excluding hydrogens is 543 g/mol. The molecule has 1 aliphatic heterocycles. The molecule has 1 unspecified atom stereocenters. The van der Waals surface area contributed by atoms with Crippen molar-refractivity contribution in [3.05, 3.63) is 111 Å². The Balaban J connectivity index is 1.66. The van der Waals surface area contributed by atoms with Gasteiger partial charge in [0.1, 0.15) is 17.5 Å². The smallest absolute Gasteiger partial charge is 0.341 e. The van der Waals surface area contributed by atoms with Crippen LogP contribution in [0.3, 0.4) is 0 Å². The Morgan fingerprint density at radius 1 is 0.974 bits per heavy atom. The highest BCUT2D eigenvalue weighted by Crippen LogP contribution is 2.42. The molecular formula is C27H16ClF5N4O2. The maximum atomic E-state index is 14.1. The molecule has 2 heterocycles. The lowest BCUT2D eigenvalue weighted by Crippen LogP contribution is -2.21. The van der Waals surface area contributed by atoms with E-state index in [1.807, 2.05) is 0 Å². The van der Waals surface area contributed by atoms with Crippen LogP contribution in [0.25, 0.3) is 11.1 Å². The number of anilines is 1. The van der Waals surface area contributed by atoms with E-state index in [-0.39, 0.29) is 33.5 Å². The molecule has 1 aromatic heterocycles. The Kier molecular flexibility index (Phi) is 6.55. The van der Waals surface area contributed by atoms with Crippen molar-refractivity contribution in [3.8, 4) is 11.1 Å². The summed E-state index contributed by atoms with van der Waals surface area (Å²) in [6.45, 7) is 1.67. The van der Waals surface area contributed by atoms with Crippen molar-refractivity contribution in [1.29, 1.82) is 0 Å². The van der Waals surface area contributed by atoms with Gasteiger partial charge in [-0.25, -0.2) is 18.7 Å². The Bertz CT molecular complexity index is 1640. The predicted octanol–water partition coefficient (Wildman–Crippen LogP) is 6.49. The van der Waals surface area contributed by atoms with Crippen LogP contribution in [0.2, 0.25) is 5.02 Å². The Morgan fingerprint density at radius 3 is 2.38 bits per heavy atom. The zero-order valence-electron chi connectivity index (χ0n) is 19.8. The van der Waals surface area contributed by atoms with Crippen LogP contribution in [0.1, 0.15) is 49.3 Å². The minimum Gasteiger partial charge on any atom is -0.341 e. The van der Waals surface area contributed by atoms with E-state index < -0.39 is 46.8 Å². The van der Waals surface area contributed by atoms with Gasteiger partial charge < -0.3 is 10.6 Å². The van der Waals surface area contributed by atoms with Crippen molar-refractivity contribution in [2.45, 2.75) is 19.1 Å². The molecule has 0 saturated heterocycles. The Hall–Kier alpha value is -4.38. The first-order chi connectivity index (χ1) is 18.4. The lowest BCUT2D eigenvalue weighted by molar-refractivity contribution is -0.137. The number of nitrogens with zero attached hydrogens (tertiary/aromatic N) is 2. The predicted molar refractivity (Wildman–Crippen MR) is 132 cm³/mol. The number of carbonyl (C=O) groups is 2. The number of aryl methyl sites for hydroxylation is 1. The summed E-state index contributed by atoms with van der Waals surface area (Å²) in [5, 5.41) is 5.33. The topological polar surface area (TPSA) is 84.0 Å². The van der Waals surface area contributed by atoms with Crippen LogP contribution in [0.5, 0.6) is 0 Å². The van der Waals surface area contributed by atoms with Gasteiger partial charge in [-0.15, -0.1) is 0 Å². The highest BCUT2D eigenvalue weighted by molar-refractivity contribution is 6.31. The molecule has 1 aliphatic rings. The second-order valence-corrected chi connectivity index (χ2v) is 9.16. The van der Waals surface area contributed by atoms with Gasteiger partial charge in [0.2, 0.25) is 0 Å². The first-order valence-electron chi connectivity index (χ1n) is 11.3. The SMILES string of the molecule is Cc1ncc(-c2cc(NC(=O)c3cc(F)cc(C(F)(F)F)c3)c3c(c2)C(=O)NC3c2cc(F)ccc2Cl)cn1. The first kappa shape index (κ1) is 26.2. The fourth-order valence-corrected chi connectivity index (χ4v) is 4.52. The standard InChI is InChI=1S/C27H16ClF5N4O2/c1-12-34-10-15(11-35-12)13-6-20-23(24(37-26(20)39)19-9-17(29)2-3-21(19)28)22(7-13)36-25(38)14-4-16(27(31,32)33)8-18(30)5-14/h2-11,24H,1H3,(H,36,38)(H,37,39). The van der Waals surface area contributed by atoms with Crippen molar-refractivity contribution in [2.24, 2.45) is 0 Å². The number of rotatable bonds is 4. The second kappa shape index (κ2) is 9.73. The molecule has 3 aromatic carbocycles. The van der Waals surface area contributed by atoms with E-state index in [1.165, 1.54) is 30.6 Å². The van der Waals surface area contributed by atoms with Gasteiger partial charge in [0.05, 0.1) is 11.6 Å². The molecule has 39 heavy (non-hydrogen) atoms. The molecule has 6 nitrogen and oxygen atoms in total. The third kappa shape index (κ3) is 5.17. The summed E-state index contributed by atoms with van der Waals surface area (Å²) < 4.78 is 67.8. The number of amides is 2. The number of halogens is 6. The molecule has 0 radical (unpaired) electrons. The number of nitrogens with one attached hydrogen (secondary N) is 2. The summed E-state index contributed by atoms with van der Waals surface area (Å²) in [6.07, 6.45) is -1.91. The summed E-state index contributed by atoms with van der Waals surface area (Å²) in [7, 11) is 0. The zero-order chi connectivity index (χ0) is 28.1. The molecule has 0 fully saturated rings. The lowest BCUT2D eigenvalue weighted by Gasteiger charge is -2.19. The molecule has 0 spiro atoms. The number of hydrogen-bond donors (Lipinski definition) is 2. The van der Waals surface area contributed by atoms with Crippen LogP contribution in [-0.4, -0.2) is 21.8 Å². The minimum absolute atomic E-state index is 0.00886. The number of carbonyl (C=O) groups excluding carboxylic acids is 2. The Labute approximate surface area is 222 Å². The largest absolute Gasteiger partial charge is 0.416 e. The van der Waals surface area contributed by atoms with Gasteiger partial charge in [0, 0.05) is 50.9 Å². The molecule has 198 valence electrons. The van der Waals surface area contributed by atoms with E-state index in [0.717, 1.165) is 12.1 Å². The fraction of sp³-hybridized carbons (Fsp3) is 0.111. The highest BCUT2D eigenvalue weighted by Gasteiger charge is 2.36. The fourth-order valence-electron chi connectivity index (χ4n) is 4.29. The monoisotopic (exact) mass is 558 g/mol. The second-order valence-electron chi connectivity index (χ2n) is 8.76. The molecule has 5 rings (SSSR count). The molecule has 4 aromatic rings. The number of alkyl halides is 3. The van der Waals surface area contributed by atoms with Crippen LogP contribution in [-0.2, 0) is 6.18 Å². The highest BCUT2D eigenvalue weighted by atomic mass is 35.5. The van der Waals surface area contributed by atoms with Crippen LogP contribution in [0.15, 0.2) is 60.9 Å². The zero-order valence-corrected chi connectivity index (χ0v) is 20.6. The molecule has 2 N–H and O–H groups in total. The number of fused-ring (bicyclic) bond motifs is 1. The third-order valence-electron chi connectivity index (χ3n) is 6.11. The van der Waals surface area contributed by atoms with Gasteiger partial charge in [-0.3, -0.25) is 9.59 Å². The average molecular weight is 559 g/mol. The molecule has 2 amide bonds. The molecule has 0 bridgehead atoms. The van der Waals surface area contributed by atoms with Gasteiger partial charge in [0.25, 0.3) is 11.8 Å². The lowest BCUT2D eigenvalue weighted by atomic mass is 9.93. The van der Waals surface area contributed by atoms with Crippen LogP contribution in [0, 0.1) is 18.6 Å². The van der Waals surface area contributed by atoms with E-state index in [0.29, 0.717) is 29.1 Å². The minimum atomic E-state index is -4.89. The average Bonchev–Trinajstić information content (AvgIpc) is 3.21. The normalized spacial score (nSPS) is 14.6. The van der Waals surface area contributed by atoms with E-state index in [1.54, 1.807) is 6.92 Å². The van der Waals surface area contributed by atoms with Gasteiger partial charge >= 0.3 is 6.18 Å². The summed E-state index contributed by atoms with van der Waals surface area (Å²) in [5.41, 5.74) is -0.564. The van der Waals surface area contributed by atoms with Gasteiger partial charge in [-0.2, -0.15) is 13.2 Å². The van der Waals surface area contributed by atoms with Gasteiger partial charge in [0.15, 0.2) is 0 Å². The van der Waals surface area contributed by atoms with E-state index in [2.05, 4.69) is 20.6 Å². The van der Waals surface area contributed by atoms with E-state index >= 15 is 0 Å². The number of benzene rings is 3. The van der Waals surface area contributed by atoms with Crippen molar-refractivity contribution in [2.75, 3.05) is 5.32 Å². The van der Waals surface area contributed by atoms with Crippen molar-refractivity contribution < 1.29 is 31.5 Å². The van der Waals surface area contributed by atoms with E-state index in [9.17, 15) is 31.5 Å². The maximum absolute atomic E-state index is 14.1. The molecule has 12 heteroatoms. The molecule has 0 aliphatic carbocycles. The molecule has 0 saturated carbocycles. The third-order valence-corrected chi connectivity index (χ3v) is 6.45. The van der Waals surface area contributed by atoms with Crippen molar-refractivity contribution in [1.82, 2.24) is 15.3 Å². The number of hydrogen-bond acceptors (Lipinski definition) is 4. The summed E-state index contributed by atoms with van der Waals surface area (Å²) in [5.74, 6) is -3.03. The summed E-state index contributed by atoms with van der Waals surface area (Å²) in [4.78, 5) is 34.4. The summed E-state index contributed by atoms with van der Waals surface area (Å²) >= 11 is 6.29. The van der Waals surface area contributed by atoms with Gasteiger partial charge in [-0.1, -0.05) is 11.6 Å². The first-order valence-corrected chi connectivity index (χ1v) is 11.7. The van der Waals surface area contributed by atoms with E-state index in [4.69, 9.17) is 11.6 Å². The maximum Gasteiger partial charge on any atom is 0.416 e. The van der Waals surface area contributed by atoms with Crippen LogP contribution >= 0.6 is 11.6 Å². The van der Waals surface area contributed by atoms with Gasteiger partial charge in [-0.05, 0) is 61.0 Å². The van der Waals surface area contributed by atoms with Crippen LogP contribution < -0.4 is 10.6 Å². The van der Waals surface area contributed by atoms with Crippen LogP contribution in [0.4, 0.5) is 27.6 Å². The number of aromatic nitrogens is 2.